The molecule has 5 rings (SSSR count). The van der Waals surface area contributed by atoms with Gasteiger partial charge in [0.1, 0.15) is 12.3 Å². The zero-order valence-electron chi connectivity index (χ0n) is 15.8. The van der Waals surface area contributed by atoms with Crippen LogP contribution in [0.4, 0.5) is 11.4 Å². The average Bonchev–Trinajstić information content (AvgIpc) is 3.08. The summed E-state index contributed by atoms with van der Waals surface area (Å²) in [4.78, 5) is 41.6. The van der Waals surface area contributed by atoms with Crippen LogP contribution in [0.5, 0.6) is 0 Å². The molecule has 0 unspecified atom stereocenters. The van der Waals surface area contributed by atoms with Crippen LogP contribution in [0, 0.1) is 10.1 Å². The number of hydrogen-bond donors (Lipinski definition) is 2. The first-order chi connectivity index (χ1) is 14.3. The van der Waals surface area contributed by atoms with Gasteiger partial charge in [-0.25, -0.2) is 9.78 Å². The van der Waals surface area contributed by atoms with E-state index in [9.17, 15) is 24.8 Å². The third-order valence-corrected chi connectivity index (χ3v) is 5.85. The van der Waals surface area contributed by atoms with Gasteiger partial charge in [-0.3, -0.25) is 19.5 Å². The Balaban J connectivity index is 1.93. The number of carbonyl (C=O) groups excluding carboxylic acids is 1. The number of fused-ring (bicyclic) bond motifs is 5. The number of aromatic nitrogens is 2. The van der Waals surface area contributed by atoms with Crippen molar-refractivity contribution < 1.29 is 19.6 Å². The molecule has 2 aliphatic heterocycles. The Morgan fingerprint density at radius 3 is 2.87 bits per heavy atom. The van der Waals surface area contributed by atoms with E-state index in [4.69, 9.17) is 10.5 Å². The quantitative estimate of drug-likeness (QED) is 0.220. The first-order valence-electron chi connectivity index (χ1n) is 9.30. The summed E-state index contributed by atoms with van der Waals surface area (Å²) in [6, 6.07) is 6.91. The number of nitro groups is 1. The average molecular weight is 408 g/mol. The van der Waals surface area contributed by atoms with Crippen molar-refractivity contribution in [2.75, 3.05) is 5.73 Å². The Morgan fingerprint density at radius 1 is 1.40 bits per heavy atom. The molecule has 152 valence electrons. The number of nitrogen functional groups attached to an aromatic ring is 1. The van der Waals surface area contributed by atoms with Crippen molar-refractivity contribution in [1.82, 2.24) is 9.55 Å². The molecule has 0 spiro atoms. The fraction of sp³-hybridized carbons (Fsp3) is 0.250. The fourth-order valence-electron chi connectivity index (χ4n) is 4.34. The molecule has 0 aliphatic carbocycles. The van der Waals surface area contributed by atoms with Crippen LogP contribution in [-0.4, -0.2) is 25.6 Å². The van der Waals surface area contributed by atoms with Gasteiger partial charge in [-0.1, -0.05) is 13.0 Å². The molecule has 0 amide bonds. The van der Waals surface area contributed by atoms with Crippen molar-refractivity contribution in [1.29, 1.82) is 0 Å². The highest BCUT2D eigenvalue weighted by molar-refractivity contribution is 5.94. The number of nitrogens with zero attached hydrogens (tertiary/aromatic N) is 3. The van der Waals surface area contributed by atoms with Crippen molar-refractivity contribution in [3.05, 3.63) is 61.4 Å². The smallest absolute Gasteiger partial charge is 0.343 e. The van der Waals surface area contributed by atoms with Crippen LogP contribution in [0.25, 0.3) is 22.3 Å². The Hall–Kier alpha value is -3.79. The summed E-state index contributed by atoms with van der Waals surface area (Å²) in [6.07, 6.45) is -0.183. The van der Waals surface area contributed by atoms with Crippen LogP contribution >= 0.6 is 0 Å². The number of benzene rings is 1. The number of hydrogen-bond acceptors (Lipinski definition) is 8. The van der Waals surface area contributed by atoms with E-state index < -0.39 is 34.3 Å². The Bertz CT molecular complexity index is 1360. The van der Waals surface area contributed by atoms with Gasteiger partial charge in [0.25, 0.3) is 5.56 Å². The van der Waals surface area contributed by atoms with E-state index in [0.29, 0.717) is 22.2 Å². The lowest BCUT2D eigenvalue weighted by molar-refractivity contribution is -0.386. The van der Waals surface area contributed by atoms with Crippen molar-refractivity contribution in [2.45, 2.75) is 32.1 Å². The second-order valence-corrected chi connectivity index (χ2v) is 7.40. The van der Waals surface area contributed by atoms with Crippen LogP contribution in [0.1, 0.15) is 30.0 Å². The number of ether oxygens (including phenoxy) is 1. The second kappa shape index (κ2) is 5.86. The predicted octanol–water partition coefficient (Wildman–Crippen LogP) is 1.57. The molecule has 0 fully saturated rings. The SMILES string of the molecule is CC[C@@]1(O)C(=O)OCc2c1c([N+](=O)[O-])c1n(c2=O)Cc2cc3c(N)cccc3nc2-1. The van der Waals surface area contributed by atoms with Crippen LogP contribution in [-0.2, 0) is 28.3 Å². The van der Waals surface area contributed by atoms with Crippen molar-refractivity contribution in [2.24, 2.45) is 0 Å². The molecule has 4 heterocycles. The first-order valence-corrected chi connectivity index (χ1v) is 9.30. The highest BCUT2D eigenvalue weighted by Gasteiger charge is 2.51. The molecule has 30 heavy (non-hydrogen) atoms. The predicted molar refractivity (Wildman–Crippen MR) is 106 cm³/mol. The largest absolute Gasteiger partial charge is 0.458 e. The van der Waals surface area contributed by atoms with E-state index in [1.807, 2.05) is 0 Å². The molecule has 0 bridgehead atoms. The van der Waals surface area contributed by atoms with E-state index in [1.165, 1.54) is 11.5 Å². The number of cyclic esters (lactones) is 1. The van der Waals surface area contributed by atoms with E-state index >= 15 is 0 Å². The lowest BCUT2D eigenvalue weighted by Crippen LogP contribution is -2.45. The van der Waals surface area contributed by atoms with Crippen LogP contribution in [0.15, 0.2) is 29.1 Å². The first kappa shape index (κ1) is 18.3. The van der Waals surface area contributed by atoms with Gasteiger partial charge >= 0.3 is 11.7 Å². The number of pyridine rings is 2. The minimum Gasteiger partial charge on any atom is -0.458 e. The number of nitrogens with two attached hydrogens (primary N) is 1. The van der Waals surface area contributed by atoms with Gasteiger partial charge in [-0.15, -0.1) is 0 Å². The third-order valence-electron chi connectivity index (χ3n) is 5.85. The van der Waals surface area contributed by atoms with E-state index in [0.717, 1.165) is 0 Å². The molecular weight excluding hydrogens is 392 g/mol. The summed E-state index contributed by atoms with van der Waals surface area (Å²) in [5.74, 6) is -1.01. The maximum atomic E-state index is 13.2. The van der Waals surface area contributed by atoms with Gasteiger partial charge in [0.05, 0.1) is 33.8 Å². The Kier molecular flexibility index (Phi) is 3.57. The summed E-state index contributed by atoms with van der Waals surface area (Å²) in [5, 5.41) is 23.8. The van der Waals surface area contributed by atoms with Crippen molar-refractivity contribution >= 4 is 28.2 Å². The minimum atomic E-state index is -2.28. The topological polar surface area (TPSA) is 151 Å². The Morgan fingerprint density at radius 2 is 2.17 bits per heavy atom. The number of rotatable bonds is 2. The molecule has 2 aromatic heterocycles. The molecule has 0 saturated heterocycles. The highest BCUT2D eigenvalue weighted by atomic mass is 16.6. The molecule has 10 nitrogen and oxygen atoms in total. The normalized spacial score (nSPS) is 19.2. The lowest BCUT2D eigenvalue weighted by Gasteiger charge is -2.31. The third kappa shape index (κ3) is 2.13. The van der Waals surface area contributed by atoms with E-state index in [1.54, 1.807) is 24.3 Å². The zero-order valence-corrected chi connectivity index (χ0v) is 15.8. The molecule has 0 saturated carbocycles. The van der Waals surface area contributed by atoms with Crippen LogP contribution in [0.2, 0.25) is 0 Å². The zero-order chi connectivity index (χ0) is 21.4. The summed E-state index contributed by atoms with van der Waals surface area (Å²) < 4.78 is 6.23. The molecule has 2 aliphatic rings. The molecule has 1 atom stereocenters. The van der Waals surface area contributed by atoms with Gasteiger partial charge in [0.15, 0.2) is 5.60 Å². The Labute approximate surface area is 168 Å². The maximum Gasteiger partial charge on any atom is 0.343 e. The summed E-state index contributed by atoms with van der Waals surface area (Å²) in [5.41, 5.74) is 4.15. The number of carbonyl (C=O) groups is 1. The molecular formula is C20H16N4O6. The molecule has 3 N–H and O–H groups in total. The molecule has 0 radical (unpaired) electrons. The molecule has 1 aromatic carbocycles. The minimum absolute atomic E-state index is 0.0235. The van der Waals surface area contributed by atoms with Gasteiger partial charge in [0, 0.05) is 16.6 Å². The summed E-state index contributed by atoms with van der Waals surface area (Å²) >= 11 is 0. The lowest BCUT2D eigenvalue weighted by atomic mass is 9.84. The second-order valence-electron chi connectivity index (χ2n) is 7.40. The van der Waals surface area contributed by atoms with Crippen LogP contribution < -0.4 is 11.3 Å². The highest BCUT2D eigenvalue weighted by Crippen LogP contribution is 2.46. The monoisotopic (exact) mass is 408 g/mol. The number of anilines is 1. The molecule has 10 heteroatoms. The van der Waals surface area contributed by atoms with E-state index in [-0.39, 0.29) is 35.5 Å². The van der Waals surface area contributed by atoms with Gasteiger partial charge < -0.3 is 15.6 Å². The summed E-state index contributed by atoms with van der Waals surface area (Å²) in [6.45, 7) is 1.12. The van der Waals surface area contributed by atoms with Gasteiger partial charge in [-0.2, -0.15) is 0 Å². The van der Waals surface area contributed by atoms with Crippen LogP contribution in [0.3, 0.4) is 0 Å². The standard InChI is InChI=1S/C20H16N4O6/c1-2-20(27)14-11(8-30-19(20)26)18(25)23-7-9-6-10-12(21)4-3-5-13(10)22-15(9)17(23)16(14)24(28)29/h3-6,27H,2,7-8,21H2,1H3/t20-/m0/s1. The number of aliphatic hydroxyl groups is 1. The number of esters is 1. The van der Waals surface area contributed by atoms with Crippen molar-refractivity contribution in [3.63, 3.8) is 0 Å². The maximum absolute atomic E-state index is 13.2. The van der Waals surface area contributed by atoms with Gasteiger partial charge in [-0.05, 0) is 24.6 Å². The summed E-state index contributed by atoms with van der Waals surface area (Å²) in [7, 11) is 0. The van der Waals surface area contributed by atoms with Crippen molar-refractivity contribution in [3.8, 4) is 11.4 Å². The fourth-order valence-corrected chi connectivity index (χ4v) is 4.34. The van der Waals surface area contributed by atoms with E-state index in [2.05, 4.69) is 4.98 Å². The molecule has 3 aromatic rings. The van der Waals surface area contributed by atoms with Gasteiger partial charge in [0.2, 0.25) is 0 Å².